The average molecular weight is 314 g/mol. The molecule has 1 aliphatic rings. The summed E-state index contributed by atoms with van der Waals surface area (Å²) in [7, 11) is 2.15. The van der Waals surface area contributed by atoms with Crippen LogP contribution in [0, 0.1) is 6.92 Å². The SMILES string of the molecule is Cc1ncoc1CC(=O)Nc1ccc(N2CCN(C)CC2)cc1. The van der Waals surface area contributed by atoms with Crippen molar-refractivity contribution in [2.24, 2.45) is 0 Å². The van der Waals surface area contributed by atoms with Gasteiger partial charge in [0.2, 0.25) is 5.91 Å². The predicted molar refractivity (Wildman–Crippen MR) is 89.7 cm³/mol. The number of carbonyl (C=O) groups excluding carboxylic acids is 1. The van der Waals surface area contributed by atoms with Crippen LogP contribution >= 0.6 is 0 Å². The zero-order valence-corrected chi connectivity index (χ0v) is 13.6. The third-order valence-corrected chi connectivity index (χ3v) is 4.19. The van der Waals surface area contributed by atoms with Crippen LogP contribution in [0.5, 0.6) is 0 Å². The number of hydrogen-bond acceptors (Lipinski definition) is 5. The topological polar surface area (TPSA) is 61.6 Å². The van der Waals surface area contributed by atoms with Crippen LogP contribution in [0.1, 0.15) is 11.5 Å². The highest BCUT2D eigenvalue weighted by atomic mass is 16.3. The Balaban J connectivity index is 1.57. The van der Waals surface area contributed by atoms with Crippen LogP contribution < -0.4 is 10.2 Å². The number of hydrogen-bond donors (Lipinski definition) is 1. The van der Waals surface area contributed by atoms with E-state index in [1.54, 1.807) is 0 Å². The lowest BCUT2D eigenvalue weighted by molar-refractivity contribution is -0.115. The first-order valence-corrected chi connectivity index (χ1v) is 7.84. The Morgan fingerprint density at radius 1 is 1.22 bits per heavy atom. The largest absolute Gasteiger partial charge is 0.448 e. The van der Waals surface area contributed by atoms with Gasteiger partial charge in [-0.15, -0.1) is 0 Å². The molecule has 1 fully saturated rings. The summed E-state index contributed by atoms with van der Waals surface area (Å²) in [4.78, 5) is 20.7. The maximum Gasteiger partial charge on any atom is 0.232 e. The van der Waals surface area contributed by atoms with Gasteiger partial charge in [0.1, 0.15) is 5.76 Å². The van der Waals surface area contributed by atoms with E-state index < -0.39 is 0 Å². The molecule has 6 nitrogen and oxygen atoms in total. The van der Waals surface area contributed by atoms with E-state index >= 15 is 0 Å². The van der Waals surface area contributed by atoms with Crippen molar-refractivity contribution in [2.75, 3.05) is 43.4 Å². The highest BCUT2D eigenvalue weighted by molar-refractivity contribution is 5.92. The molecule has 1 N–H and O–H groups in total. The highest BCUT2D eigenvalue weighted by Crippen LogP contribution is 2.19. The van der Waals surface area contributed by atoms with Crippen LogP contribution in [0.3, 0.4) is 0 Å². The van der Waals surface area contributed by atoms with Crippen LogP contribution in [0.4, 0.5) is 11.4 Å². The molecule has 1 aromatic carbocycles. The van der Waals surface area contributed by atoms with Crippen molar-refractivity contribution < 1.29 is 9.21 Å². The number of anilines is 2. The van der Waals surface area contributed by atoms with E-state index in [-0.39, 0.29) is 12.3 Å². The Labute approximate surface area is 136 Å². The van der Waals surface area contributed by atoms with Gasteiger partial charge in [-0.25, -0.2) is 4.98 Å². The first-order valence-electron chi connectivity index (χ1n) is 7.84. The Kier molecular flexibility index (Phi) is 4.62. The van der Waals surface area contributed by atoms with Crippen molar-refractivity contribution in [3.05, 3.63) is 42.1 Å². The average Bonchev–Trinajstić information content (AvgIpc) is 2.94. The molecule has 2 heterocycles. The lowest BCUT2D eigenvalue weighted by Crippen LogP contribution is -2.44. The summed E-state index contributed by atoms with van der Waals surface area (Å²) in [5.41, 5.74) is 2.75. The van der Waals surface area contributed by atoms with Crippen LogP contribution in [0.15, 0.2) is 35.1 Å². The lowest BCUT2D eigenvalue weighted by Gasteiger charge is -2.34. The minimum Gasteiger partial charge on any atom is -0.448 e. The van der Waals surface area contributed by atoms with E-state index in [0.29, 0.717) is 5.76 Å². The van der Waals surface area contributed by atoms with Gasteiger partial charge >= 0.3 is 0 Å². The zero-order chi connectivity index (χ0) is 16.2. The molecular weight excluding hydrogens is 292 g/mol. The summed E-state index contributed by atoms with van der Waals surface area (Å²) in [5.74, 6) is 0.508. The number of benzene rings is 1. The molecule has 122 valence electrons. The number of aromatic nitrogens is 1. The number of piperazine rings is 1. The molecule has 6 heteroatoms. The van der Waals surface area contributed by atoms with Gasteiger partial charge in [0, 0.05) is 37.6 Å². The van der Waals surface area contributed by atoms with Gasteiger partial charge in [-0.2, -0.15) is 0 Å². The number of nitrogens with zero attached hydrogens (tertiary/aromatic N) is 3. The van der Waals surface area contributed by atoms with Gasteiger partial charge in [0.15, 0.2) is 6.39 Å². The highest BCUT2D eigenvalue weighted by Gasteiger charge is 2.14. The monoisotopic (exact) mass is 314 g/mol. The van der Waals surface area contributed by atoms with Gasteiger partial charge in [0.25, 0.3) is 0 Å². The number of carbonyl (C=O) groups is 1. The minimum absolute atomic E-state index is 0.0998. The van der Waals surface area contributed by atoms with E-state index in [9.17, 15) is 4.79 Å². The number of likely N-dealkylation sites (N-methyl/N-ethyl adjacent to an activating group) is 1. The molecule has 1 saturated heterocycles. The zero-order valence-electron chi connectivity index (χ0n) is 13.6. The third-order valence-electron chi connectivity index (χ3n) is 4.19. The van der Waals surface area contributed by atoms with Gasteiger partial charge in [-0.3, -0.25) is 4.79 Å². The summed E-state index contributed by atoms with van der Waals surface area (Å²) in [6.45, 7) is 6.06. The molecule has 2 aromatic rings. The first-order chi connectivity index (χ1) is 11.1. The number of amides is 1. The molecule has 0 spiro atoms. The molecule has 23 heavy (non-hydrogen) atoms. The van der Waals surface area contributed by atoms with Crippen LogP contribution in [0.2, 0.25) is 0 Å². The Hall–Kier alpha value is -2.34. The molecule has 0 atom stereocenters. The van der Waals surface area contributed by atoms with Gasteiger partial charge < -0.3 is 19.5 Å². The summed E-state index contributed by atoms with van der Waals surface area (Å²) in [5, 5.41) is 2.89. The molecule has 0 radical (unpaired) electrons. The second-order valence-corrected chi connectivity index (χ2v) is 5.92. The maximum absolute atomic E-state index is 12.0. The van der Waals surface area contributed by atoms with Crippen molar-refractivity contribution in [3.63, 3.8) is 0 Å². The number of nitrogens with one attached hydrogen (secondary N) is 1. The van der Waals surface area contributed by atoms with Crippen LogP contribution in [-0.2, 0) is 11.2 Å². The summed E-state index contributed by atoms with van der Waals surface area (Å²) < 4.78 is 5.20. The second-order valence-electron chi connectivity index (χ2n) is 5.92. The maximum atomic E-state index is 12.0. The molecule has 0 unspecified atom stereocenters. The van der Waals surface area contributed by atoms with Crippen molar-refractivity contribution in [2.45, 2.75) is 13.3 Å². The molecule has 3 rings (SSSR count). The number of oxazole rings is 1. The molecule has 1 aromatic heterocycles. The van der Waals surface area contributed by atoms with Crippen molar-refractivity contribution >= 4 is 17.3 Å². The minimum atomic E-state index is -0.0998. The molecule has 1 aliphatic heterocycles. The molecule has 0 aliphatic carbocycles. The quantitative estimate of drug-likeness (QED) is 0.934. The first kappa shape index (κ1) is 15.6. The molecule has 1 amide bonds. The fraction of sp³-hybridized carbons (Fsp3) is 0.412. The second kappa shape index (κ2) is 6.83. The van der Waals surface area contributed by atoms with E-state index in [1.807, 2.05) is 19.1 Å². The van der Waals surface area contributed by atoms with Crippen molar-refractivity contribution in [3.8, 4) is 0 Å². The molecule has 0 saturated carbocycles. The Bertz CT molecular complexity index is 657. The van der Waals surface area contributed by atoms with Crippen LogP contribution in [-0.4, -0.2) is 49.0 Å². The Morgan fingerprint density at radius 3 is 2.52 bits per heavy atom. The summed E-state index contributed by atoms with van der Waals surface area (Å²) in [6.07, 6.45) is 1.56. The van der Waals surface area contributed by atoms with Gasteiger partial charge in [-0.05, 0) is 38.2 Å². The summed E-state index contributed by atoms with van der Waals surface area (Å²) in [6, 6.07) is 8.00. The smallest absolute Gasteiger partial charge is 0.232 e. The summed E-state index contributed by atoms with van der Waals surface area (Å²) >= 11 is 0. The van der Waals surface area contributed by atoms with E-state index in [4.69, 9.17) is 4.42 Å². The normalized spacial score (nSPS) is 15.7. The van der Waals surface area contributed by atoms with E-state index in [0.717, 1.165) is 37.6 Å². The number of aryl methyl sites for hydroxylation is 1. The third kappa shape index (κ3) is 3.90. The van der Waals surface area contributed by atoms with Crippen molar-refractivity contribution in [1.29, 1.82) is 0 Å². The number of rotatable bonds is 4. The lowest BCUT2D eigenvalue weighted by atomic mass is 10.2. The standard InChI is InChI=1S/C17H22N4O2/c1-13-16(23-12-18-13)11-17(22)19-14-3-5-15(6-4-14)21-9-7-20(2)8-10-21/h3-6,12H,7-11H2,1-2H3,(H,19,22). The van der Waals surface area contributed by atoms with E-state index in [1.165, 1.54) is 12.1 Å². The van der Waals surface area contributed by atoms with E-state index in [2.05, 4.69) is 39.3 Å². The molecular formula is C17H22N4O2. The van der Waals surface area contributed by atoms with Crippen molar-refractivity contribution in [1.82, 2.24) is 9.88 Å². The van der Waals surface area contributed by atoms with Gasteiger partial charge in [-0.1, -0.05) is 0 Å². The van der Waals surface area contributed by atoms with Gasteiger partial charge in [0.05, 0.1) is 12.1 Å². The Morgan fingerprint density at radius 2 is 1.91 bits per heavy atom. The van der Waals surface area contributed by atoms with Crippen LogP contribution in [0.25, 0.3) is 0 Å². The molecule has 0 bridgehead atoms. The fourth-order valence-corrected chi connectivity index (χ4v) is 2.67. The predicted octanol–water partition coefficient (Wildman–Crippen LogP) is 1.92. The fourth-order valence-electron chi connectivity index (χ4n) is 2.67.